The van der Waals surface area contributed by atoms with Crippen LogP contribution in [0.5, 0.6) is 0 Å². The molecule has 1 aliphatic heterocycles. The highest BCUT2D eigenvalue weighted by Crippen LogP contribution is 2.29. The van der Waals surface area contributed by atoms with Crippen molar-refractivity contribution < 1.29 is 27.5 Å². The number of anilines is 1. The van der Waals surface area contributed by atoms with E-state index >= 15 is 0 Å². The van der Waals surface area contributed by atoms with Crippen LogP contribution >= 0.6 is 11.3 Å². The van der Waals surface area contributed by atoms with Gasteiger partial charge in [-0.2, -0.15) is 13.2 Å². The van der Waals surface area contributed by atoms with Gasteiger partial charge in [-0.25, -0.2) is 9.97 Å². The minimum absolute atomic E-state index is 0.0505. The number of aromatic amines is 1. The zero-order valence-corrected chi connectivity index (χ0v) is 18.6. The molecule has 1 fully saturated rings. The number of rotatable bonds is 3. The summed E-state index contributed by atoms with van der Waals surface area (Å²) in [5, 5.41) is 3.55. The number of carbonyl (C=O) groups excluding carboxylic acids is 2. The number of hydrogen-bond acceptors (Lipinski definition) is 6. The molecule has 1 atom stereocenters. The third-order valence-electron chi connectivity index (χ3n) is 5.41. The Hall–Kier alpha value is -3.51. The predicted octanol–water partition coefficient (Wildman–Crippen LogP) is 3.98. The van der Waals surface area contributed by atoms with Crippen molar-refractivity contribution in [1.29, 1.82) is 0 Å². The van der Waals surface area contributed by atoms with Crippen LogP contribution in [0, 0.1) is 6.92 Å². The quantitative estimate of drug-likeness (QED) is 0.454. The van der Waals surface area contributed by atoms with Crippen LogP contribution in [-0.4, -0.2) is 57.5 Å². The highest BCUT2D eigenvalue weighted by atomic mass is 32.1. The molecule has 12 heteroatoms. The Kier molecular flexibility index (Phi) is 5.48. The van der Waals surface area contributed by atoms with Gasteiger partial charge in [0.1, 0.15) is 0 Å². The fourth-order valence-electron chi connectivity index (χ4n) is 3.79. The highest BCUT2D eigenvalue weighted by Gasteiger charge is 2.35. The summed E-state index contributed by atoms with van der Waals surface area (Å²) in [6.07, 6.45) is -5.52. The Bertz CT molecular complexity index is 1410. The van der Waals surface area contributed by atoms with Crippen LogP contribution < -0.4 is 5.32 Å². The first-order valence-electron chi connectivity index (χ1n) is 10.3. The lowest BCUT2D eigenvalue weighted by Gasteiger charge is -2.32. The van der Waals surface area contributed by atoms with Crippen molar-refractivity contribution in [1.82, 2.24) is 19.9 Å². The monoisotopic (exact) mass is 489 g/mol. The van der Waals surface area contributed by atoms with E-state index in [9.17, 15) is 22.8 Å². The molecule has 0 spiro atoms. The maximum absolute atomic E-state index is 13.0. The molecular formula is C22H18F3N5O3S. The van der Waals surface area contributed by atoms with Crippen LogP contribution in [0.25, 0.3) is 21.3 Å². The molecule has 1 aliphatic rings. The lowest BCUT2D eigenvalue weighted by Crippen LogP contribution is -2.50. The molecule has 2 amide bonds. The fourth-order valence-corrected chi connectivity index (χ4v) is 4.66. The number of benzene rings is 2. The van der Waals surface area contributed by atoms with Gasteiger partial charge in [-0.05, 0) is 43.3 Å². The Morgan fingerprint density at radius 2 is 1.97 bits per heavy atom. The second-order valence-electron chi connectivity index (χ2n) is 7.83. The molecule has 2 aromatic carbocycles. The van der Waals surface area contributed by atoms with Crippen LogP contribution in [0.15, 0.2) is 36.4 Å². The average molecular weight is 489 g/mol. The molecule has 8 nitrogen and oxygen atoms in total. The minimum Gasteiger partial charge on any atom is -0.365 e. The van der Waals surface area contributed by atoms with Gasteiger partial charge >= 0.3 is 6.18 Å². The molecule has 2 N–H and O–H groups in total. The molecule has 0 radical (unpaired) electrons. The number of fused-ring (bicyclic) bond motifs is 2. The molecule has 3 heterocycles. The lowest BCUT2D eigenvalue weighted by molar-refractivity contribution is -0.144. The van der Waals surface area contributed by atoms with Gasteiger partial charge in [0, 0.05) is 17.8 Å². The molecule has 176 valence electrons. The summed E-state index contributed by atoms with van der Waals surface area (Å²) in [6, 6.07) is 9.51. The van der Waals surface area contributed by atoms with E-state index in [1.165, 1.54) is 29.5 Å². The van der Waals surface area contributed by atoms with E-state index in [0.29, 0.717) is 12.1 Å². The van der Waals surface area contributed by atoms with Crippen molar-refractivity contribution in [2.75, 3.05) is 25.0 Å². The number of hydrogen-bond donors (Lipinski definition) is 2. The van der Waals surface area contributed by atoms with Crippen molar-refractivity contribution in [3.05, 3.63) is 52.8 Å². The smallest absolute Gasteiger partial charge is 0.365 e. The van der Waals surface area contributed by atoms with Crippen LogP contribution in [0.4, 0.5) is 18.9 Å². The molecule has 1 saturated heterocycles. The molecule has 1 unspecified atom stereocenters. The van der Waals surface area contributed by atoms with E-state index in [1.807, 2.05) is 6.92 Å². The number of carbonyl (C=O) groups is 2. The maximum atomic E-state index is 13.0. The Morgan fingerprint density at radius 3 is 2.76 bits per heavy atom. The van der Waals surface area contributed by atoms with Gasteiger partial charge in [0.15, 0.2) is 6.10 Å². The first-order chi connectivity index (χ1) is 16.2. The number of aromatic nitrogens is 3. The topological polar surface area (TPSA) is 100 Å². The third-order valence-corrected chi connectivity index (χ3v) is 6.34. The SMILES string of the molecule is Cc1nc2ccc(C(=O)N3CCOC(C(=O)Nc4ccc5nc(C(F)(F)F)[nH]c5c4)C3)cc2s1. The molecule has 0 saturated carbocycles. The Balaban J connectivity index is 1.28. The van der Waals surface area contributed by atoms with Gasteiger partial charge in [0.05, 0.1) is 39.4 Å². The number of alkyl halides is 3. The van der Waals surface area contributed by atoms with Crippen molar-refractivity contribution >= 4 is 50.1 Å². The lowest BCUT2D eigenvalue weighted by atomic mass is 10.1. The zero-order chi connectivity index (χ0) is 24.0. The summed E-state index contributed by atoms with van der Waals surface area (Å²) in [7, 11) is 0. The summed E-state index contributed by atoms with van der Waals surface area (Å²) in [6.45, 7) is 2.47. The number of morpholine rings is 1. The van der Waals surface area contributed by atoms with Gasteiger partial charge in [-0.15, -0.1) is 11.3 Å². The molecule has 2 aromatic heterocycles. The highest BCUT2D eigenvalue weighted by molar-refractivity contribution is 7.18. The van der Waals surface area contributed by atoms with Crippen molar-refractivity contribution in [2.45, 2.75) is 19.2 Å². The van der Waals surface area contributed by atoms with E-state index in [2.05, 4.69) is 20.3 Å². The Morgan fingerprint density at radius 1 is 1.18 bits per heavy atom. The van der Waals surface area contributed by atoms with Crippen molar-refractivity contribution in [3.63, 3.8) is 0 Å². The normalized spacial score (nSPS) is 16.8. The first kappa shape index (κ1) is 22.3. The maximum Gasteiger partial charge on any atom is 0.449 e. The van der Waals surface area contributed by atoms with Gasteiger partial charge < -0.3 is 19.9 Å². The second-order valence-corrected chi connectivity index (χ2v) is 9.07. The van der Waals surface area contributed by atoms with E-state index in [0.717, 1.165) is 15.2 Å². The minimum atomic E-state index is -4.60. The number of halogens is 3. The second kappa shape index (κ2) is 8.37. The van der Waals surface area contributed by atoms with Gasteiger partial charge in [-0.1, -0.05) is 0 Å². The molecule has 0 bridgehead atoms. The van der Waals surface area contributed by atoms with E-state index in [-0.39, 0.29) is 35.8 Å². The number of imidazole rings is 1. The number of amides is 2. The van der Waals surface area contributed by atoms with Crippen molar-refractivity contribution in [2.24, 2.45) is 0 Å². The van der Waals surface area contributed by atoms with Gasteiger partial charge in [0.2, 0.25) is 5.82 Å². The summed E-state index contributed by atoms with van der Waals surface area (Å²) in [4.78, 5) is 37.4. The summed E-state index contributed by atoms with van der Waals surface area (Å²) in [5.41, 5.74) is 1.88. The molecular weight excluding hydrogens is 471 g/mol. The molecule has 5 rings (SSSR count). The molecule has 4 aromatic rings. The van der Waals surface area contributed by atoms with Crippen LogP contribution in [0.3, 0.4) is 0 Å². The van der Waals surface area contributed by atoms with Crippen LogP contribution in [0.1, 0.15) is 21.2 Å². The van der Waals surface area contributed by atoms with Crippen LogP contribution in [-0.2, 0) is 15.7 Å². The Labute approximate surface area is 194 Å². The summed E-state index contributed by atoms with van der Waals surface area (Å²) < 4.78 is 45.1. The molecule has 34 heavy (non-hydrogen) atoms. The number of ether oxygens (including phenoxy) is 1. The van der Waals surface area contributed by atoms with E-state index in [4.69, 9.17) is 4.74 Å². The third kappa shape index (κ3) is 4.33. The van der Waals surface area contributed by atoms with Gasteiger partial charge in [-0.3, -0.25) is 9.59 Å². The largest absolute Gasteiger partial charge is 0.449 e. The zero-order valence-electron chi connectivity index (χ0n) is 17.8. The fraction of sp³-hybridized carbons (Fsp3) is 0.273. The van der Waals surface area contributed by atoms with Gasteiger partial charge in [0.25, 0.3) is 11.8 Å². The number of nitrogens with one attached hydrogen (secondary N) is 2. The van der Waals surface area contributed by atoms with Crippen LogP contribution in [0.2, 0.25) is 0 Å². The number of H-pyrrole nitrogens is 1. The summed E-state index contributed by atoms with van der Waals surface area (Å²) >= 11 is 1.50. The van der Waals surface area contributed by atoms with E-state index < -0.39 is 24.0 Å². The number of thiazole rings is 1. The molecule has 0 aliphatic carbocycles. The first-order valence-corrected chi connectivity index (χ1v) is 11.1. The number of nitrogens with zero attached hydrogens (tertiary/aromatic N) is 3. The predicted molar refractivity (Wildman–Crippen MR) is 120 cm³/mol. The standard InChI is InChI=1S/C22H18F3N5O3S/c1-11-26-15-4-2-12(8-18(15)34-11)20(32)30-6-7-33-17(10-30)19(31)27-13-3-5-14-16(9-13)29-21(28-14)22(23,24)25/h2-5,8-9,17H,6-7,10H2,1H3,(H,27,31)(H,28,29). The van der Waals surface area contributed by atoms with E-state index in [1.54, 1.807) is 23.1 Å². The van der Waals surface area contributed by atoms with Crippen molar-refractivity contribution in [3.8, 4) is 0 Å². The average Bonchev–Trinajstić information content (AvgIpc) is 3.40. The summed E-state index contributed by atoms with van der Waals surface area (Å²) in [5.74, 6) is -1.82. The number of aryl methyl sites for hydroxylation is 1.